The molecule has 0 aliphatic carbocycles. The number of carbonyl (C=O) groups excluding carboxylic acids is 1. The summed E-state index contributed by atoms with van der Waals surface area (Å²) in [6.45, 7) is 0.739. The third kappa shape index (κ3) is 3.46. The molecule has 1 fully saturated rings. The molecule has 1 amide bonds. The Hall–Kier alpha value is -1.55. The molecule has 0 spiro atoms. The summed E-state index contributed by atoms with van der Waals surface area (Å²) in [7, 11) is 0. The molecule has 1 atom stereocenters. The van der Waals surface area contributed by atoms with E-state index in [1.807, 2.05) is 24.3 Å². The zero-order chi connectivity index (χ0) is 12.1. The summed E-state index contributed by atoms with van der Waals surface area (Å²) in [5, 5.41) is 0. The number of rotatable bonds is 4. The average Bonchev–Trinajstić information content (AvgIpc) is 2.32. The zero-order valence-corrected chi connectivity index (χ0v) is 9.72. The summed E-state index contributed by atoms with van der Waals surface area (Å²) in [6.07, 6.45) is 3.09. The summed E-state index contributed by atoms with van der Waals surface area (Å²) >= 11 is 0. The second-order valence-electron chi connectivity index (χ2n) is 4.16. The van der Waals surface area contributed by atoms with Crippen molar-refractivity contribution in [2.45, 2.75) is 32.0 Å². The third-order valence-electron chi connectivity index (χ3n) is 2.73. The summed E-state index contributed by atoms with van der Waals surface area (Å²) < 4.78 is 11.3. The van der Waals surface area contributed by atoms with Crippen molar-refractivity contribution in [3.63, 3.8) is 0 Å². The first-order valence-electron chi connectivity index (χ1n) is 5.90. The van der Waals surface area contributed by atoms with Crippen molar-refractivity contribution in [2.24, 2.45) is 5.73 Å². The lowest BCUT2D eigenvalue weighted by Gasteiger charge is -2.24. The number of benzene rings is 1. The Balaban J connectivity index is 2.05. The van der Waals surface area contributed by atoms with Crippen LogP contribution in [0, 0.1) is 0 Å². The van der Waals surface area contributed by atoms with E-state index in [0.717, 1.165) is 31.4 Å². The van der Waals surface area contributed by atoms with E-state index in [4.69, 9.17) is 15.2 Å². The van der Waals surface area contributed by atoms with Crippen molar-refractivity contribution in [1.29, 1.82) is 0 Å². The van der Waals surface area contributed by atoms with Gasteiger partial charge in [-0.05, 0) is 18.9 Å². The molecule has 2 rings (SSSR count). The zero-order valence-electron chi connectivity index (χ0n) is 9.72. The molecule has 4 heteroatoms. The Morgan fingerprint density at radius 2 is 2.24 bits per heavy atom. The van der Waals surface area contributed by atoms with Gasteiger partial charge in [0.2, 0.25) is 5.91 Å². The fraction of sp³-hybridized carbons (Fsp3) is 0.462. The molecule has 0 aromatic heterocycles. The van der Waals surface area contributed by atoms with E-state index in [2.05, 4.69) is 0 Å². The van der Waals surface area contributed by atoms with Crippen LogP contribution in [0.1, 0.15) is 24.8 Å². The van der Waals surface area contributed by atoms with Crippen molar-refractivity contribution in [3.05, 3.63) is 29.8 Å². The minimum atomic E-state index is -0.356. The van der Waals surface area contributed by atoms with Gasteiger partial charge in [-0.25, -0.2) is 0 Å². The number of hydrogen-bond acceptors (Lipinski definition) is 3. The van der Waals surface area contributed by atoms with Gasteiger partial charge in [-0.1, -0.05) is 18.2 Å². The second kappa shape index (κ2) is 5.68. The molecule has 1 heterocycles. The molecular formula is C13H17NO3. The normalized spacial score (nSPS) is 19.9. The maximum atomic E-state index is 10.9. The lowest BCUT2D eigenvalue weighted by Crippen LogP contribution is -2.25. The van der Waals surface area contributed by atoms with Crippen LogP contribution < -0.4 is 10.5 Å². The van der Waals surface area contributed by atoms with Gasteiger partial charge >= 0.3 is 0 Å². The largest absolute Gasteiger partial charge is 0.465 e. The molecule has 1 aromatic carbocycles. The van der Waals surface area contributed by atoms with Crippen molar-refractivity contribution in [2.75, 3.05) is 6.61 Å². The summed E-state index contributed by atoms with van der Waals surface area (Å²) in [4.78, 5) is 10.9. The van der Waals surface area contributed by atoms with Gasteiger partial charge in [0.05, 0.1) is 13.0 Å². The third-order valence-corrected chi connectivity index (χ3v) is 2.73. The first-order valence-corrected chi connectivity index (χ1v) is 5.90. The molecule has 0 saturated carbocycles. The molecule has 1 unspecified atom stereocenters. The van der Waals surface area contributed by atoms with Crippen LogP contribution >= 0.6 is 0 Å². The number of para-hydroxylation sites is 1. The minimum Gasteiger partial charge on any atom is -0.465 e. The highest BCUT2D eigenvalue weighted by Crippen LogP contribution is 2.23. The van der Waals surface area contributed by atoms with E-state index in [1.54, 1.807) is 0 Å². The Labute approximate surface area is 101 Å². The topological polar surface area (TPSA) is 61.6 Å². The van der Waals surface area contributed by atoms with Crippen LogP contribution in [0.15, 0.2) is 24.3 Å². The van der Waals surface area contributed by atoms with E-state index in [1.165, 1.54) is 0 Å². The monoisotopic (exact) mass is 235 g/mol. The van der Waals surface area contributed by atoms with Gasteiger partial charge in [-0.3, -0.25) is 4.79 Å². The van der Waals surface area contributed by atoms with Crippen LogP contribution in [0.5, 0.6) is 5.75 Å². The number of primary amides is 1. The number of ether oxygens (including phenoxy) is 2. The molecule has 0 radical (unpaired) electrons. The minimum absolute atomic E-state index is 0.197. The van der Waals surface area contributed by atoms with Gasteiger partial charge in [0, 0.05) is 12.0 Å². The molecule has 0 bridgehead atoms. The van der Waals surface area contributed by atoms with Crippen molar-refractivity contribution in [1.82, 2.24) is 0 Å². The Kier molecular flexibility index (Phi) is 3.98. The molecule has 1 saturated heterocycles. The van der Waals surface area contributed by atoms with E-state index < -0.39 is 0 Å². The Bertz CT molecular complexity index is 386. The fourth-order valence-corrected chi connectivity index (χ4v) is 1.90. The van der Waals surface area contributed by atoms with Crippen LogP contribution in [0.3, 0.4) is 0 Å². The summed E-state index contributed by atoms with van der Waals surface area (Å²) in [5.74, 6) is 0.337. The van der Waals surface area contributed by atoms with Crippen LogP contribution in [0.4, 0.5) is 0 Å². The number of carbonyl (C=O) groups is 1. The average molecular weight is 235 g/mol. The van der Waals surface area contributed by atoms with Crippen molar-refractivity contribution >= 4 is 5.91 Å². The first kappa shape index (κ1) is 11.9. The quantitative estimate of drug-likeness (QED) is 0.862. The van der Waals surface area contributed by atoms with Gasteiger partial charge in [-0.2, -0.15) is 0 Å². The molecule has 4 nitrogen and oxygen atoms in total. The van der Waals surface area contributed by atoms with Crippen LogP contribution in [0.2, 0.25) is 0 Å². The van der Waals surface area contributed by atoms with E-state index in [-0.39, 0.29) is 18.6 Å². The molecule has 92 valence electrons. The molecular weight excluding hydrogens is 218 g/mol. The standard InChI is InChI=1S/C13H17NO3/c14-12(15)9-10-5-1-2-6-11(10)17-13-7-3-4-8-16-13/h1-2,5-6,13H,3-4,7-9H2,(H2,14,15). The second-order valence-corrected chi connectivity index (χ2v) is 4.16. The van der Waals surface area contributed by atoms with Crippen molar-refractivity contribution < 1.29 is 14.3 Å². The highest BCUT2D eigenvalue weighted by atomic mass is 16.7. The smallest absolute Gasteiger partial charge is 0.221 e. The lowest BCUT2D eigenvalue weighted by molar-refractivity contribution is -0.117. The van der Waals surface area contributed by atoms with Gasteiger partial charge in [0.1, 0.15) is 5.75 Å². The predicted octanol–water partition coefficient (Wildman–Crippen LogP) is 1.62. The van der Waals surface area contributed by atoms with E-state index >= 15 is 0 Å². The molecule has 1 aliphatic heterocycles. The van der Waals surface area contributed by atoms with Gasteiger partial charge < -0.3 is 15.2 Å². The van der Waals surface area contributed by atoms with E-state index in [9.17, 15) is 4.79 Å². The summed E-state index contributed by atoms with van der Waals surface area (Å²) in [5.41, 5.74) is 6.01. The van der Waals surface area contributed by atoms with Gasteiger partial charge in [-0.15, -0.1) is 0 Å². The van der Waals surface area contributed by atoms with Crippen LogP contribution in [-0.4, -0.2) is 18.8 Å². The predicted molar refractivity (Wildman–Crippen MR) is 63.6 cm³/mol. The highest BCUT2D eigenvalue weighted by molar-refractivity contribution is 5.77. The number of nitrogens with two attached hydrogens (primary N) is 1. The molecule has 17 heavy (non-hydrogen) atoms. The maximum absolute atomic E-state index is 10.9. The Morgan fingerprint density at radius 3 is 2.94 bits per heavy atom. The van der Waals surface area contributed by atoms with Crippen molar-refractivity contribution in [3.8, 4) is 5.75 Å². The molecule has 1 aromatic rings. The lowest BCUT2D eigenvalue weighted by atomic mass is 10.1. The molecule has 2 N–H and O–H groups in total. The Morgan fingerprint density at radius 1 is 1.41 bits per heavy atom. The number of hydrogen-bond donors (Lipinski definition) is 1. The number of amides is 1. The van der Waals surface area contributed by atoms with E-state index in [0.29, 0.717) is 5.75 Å². The first-order chi connectivity index (χ1) is 8.25. The maximum Gasteiger partial charge on any atom is 0.221 e. The SMILES string of the molecule is NC(=O)Cc1ccccc1OC1CCCCO1. The van der Waals surface area contributed by atoms with Gasteiger partial charge in [0.25, 0.3) is 0 Å². The highest BCUT2D eigenvalue weighted by Gasteiger charge is 2.17. The summed E-state index contributed by atoms with van der Waals surface area (Å²) in [6, 6.07) is 7.44. The van der Waals surface area contributed by atoms with Crippen LogP contribution in [-0.2, 0) is 16.0 Å². The molecule has 1 aliphatic rings. The van der Waals surface area contributed by atoms with Crippen LogP contribution in [0.25, 0.3) is 0 Å². The van der Waals surface area contributed by atoms with Gasteiger partial charge in [0.15, 0.2) is 6.29 Å². The fourth-order valence-electron chi connectivity index (χ4n) is 1.90.